The average Bonchev–Trinajstić information content (AvgIpc) is 2.19. The van der Waals surface area contributed by atoms with Gasteiger partial charge >= 0.3 is 0 Å². The summed E-state index contributed by atoms with van der Waals surface area (Å²) in [5.74, 6) is 0. The van der Waals surface area contributed by atoms with E-state index in [1.807, 2.05) is 13.1 Å². The van der Waals surface area contributed by atoms with Crippen molar-refractivity contribution in [3.8, 4) is 0 Å². The zero-order valence-electron chi connectivity index (χ0n) is 8.27. The molecule has 4 heteroatoms. The summed E-state index contributed by atoms with van der Waals surface area (Å²) in [6.45, 7) is 6.37. The largest absolute Gasteiger partial charge is 0.288 e. The lowest BCUT2D eigenvalue weighted by Gasteiger charge is -2.06. The summed E-state index contributed by atoms with van der Waals surface area (Å²) in [7, 11) is 0. The fourth-order valence-electron chi connectivity index (χ4n) is 1.06. The molecular formula is C9H17N2O2+. The van der Waals surface area contributed by atoms with Crippen LogP contribution >= 0.6 is 0 Å². The zero-order chi connectivity index (χ0) is 10.1. The summed E-state index contributed by atoms with van der Waals surface area (Å²) >= 11 is 0. The minimum atomic E-state index is 0.497. The van der Waals surface area contributed by atoms with Crippen molar-refractivity contribution in [1.29, 1.82) is 0 Å². The molecular weight excluding hydrogens is 168 g/mol. The summed E-state index contributed by atoms with van der Waals surface area (Å²) in [4.78, 5) is 21.6. The van der Waals surface area contributed by atoms with Crippen LogP contribution in [0.25, 0.3) is 0 Å². The van der Waals surface area contributed by atoms with E-state index in [-0.39, 0.29) is 0 Å². The summed E-state index contributed by atoms with van der Waals surface area (Å²) in [6.07, 6.45) is 3.93. The van der Waals surface area contributed by atoms with Gasteiger partial charge in [0.05, 0.1) is 0 Å². The Balaban J connectivity index is 3.65. The van der Waals surface area contributed by atoms with Gasteiger partial charge in [0.15, 0.2) is 0 Å². The number of imide groups is 1. The smallest absolute Gasteiger partial charge is 0.216 e. The Morgan fingerprint density at radius 2 is 1.92 bits per heavy atom. The van der Waals surface area contributed by atoms with Gasteiger partial charge in [-0.3, -0.25) is 14.5 Å². The first-order valence-electron chi connectivity index (χ1n) is 4.48. The molecule has 0 heterocycles. The molecule has 0 aromatic rings. The number of rotatable bonds is 7. The molecule has 13 heavy (non-hydrogen) atoms. The Labute approximate surface area is 78.8 Å². The molecule has 2 amide bonds. The fraction of sp³-hybridized carbons (Fsp3) is 0.667. The molecule has 0 spiro atoms. The molecule has 0 rings (SSSR count). The van der Waals surface area contributed by atoms with Crippen molar-refractivity contribution in [2.24, 2.45) is 0 Å². The number of nitrogens with zero attached hydrogens (tertiary/aromatic N) is 2. The highest BCUT2D eigenvalue weighted by atomic mass is 16.2. The second-order valence-electron chi connectivity index (χ2n) is 2.69. The summed E-state index contributed by atoms with van der Waals surface area (Å²) in [5, 5.41) is 0. The number of amides is 2. The Hall–Kier alpha value is -1.19. The van der Waals surface area contributed by atoms with E-state index < -0.39 is 0 Å². The van der Waals surface area contributed by atoms with Crippen molar-refractivity contribution >= 4 is 19.0 Å². The van der Waals surface area contributed by atoms with Gasteiger partial charge in [-0.15, -0.1) is 0 Å². The van der Waals surface area contributed by atoms with Gasteiger partial charge in [-0.2, -0.15) is 0 Å². The topological polar surface area (TPSA) is 40.4 Å². The molecule has 0 saturated carbocycles. The Bertz CT molecular complexity index is 182. The van der Waals surface area contributed by atoms with Crippen molar-refractivity contribution in [3.05, 3.63) is 0 Å². The molecule has 4 nitrogen and oxygen atoms in total. The Morgan fingerprint density at radius 1 is 1.31 bits per heavy atom. The minimum absolute atomic E-state index is 0.497. The second kappa shape index (κ2) is 7.46. The molecule has 0 aliphatic rings. The van der Waals surface area contributed by atoms with E-state index in [0.29, 0.717) is 19.4 Å². The van der Waals surface area contributed by atoms with E-state index in [4.69, 9.17) is 0 Å². The van der Waals surface area contributed by atoms with Crippen LogP contribution in [0.5, 0.6) is 0 Å². The van der Waals surface area contributed by atoms with Crippen LogP contribution in [0.4, 0.5) is 0 Å². The normalized spacial score (nSPS) is 11.1. The molecule has 0 atom stereocenters. The van der Waals surface area contributed by atoms with Gasteiger partial charge in [-0.1, -0.05) is 0 Å². The maximum absolute atomic E-state index is 10.2. The molecule has 0 aliphatic heterocycles. The molecule has 0 N–H and O–H groups in total. The quantitative estimate of drug-likeness (QED) is 0.321. The minimum Gasteiger partial charge on any atom is -0.288 e. The number of carbonyl (C=O) groups is 2. The van der Waals surface area contributed by atoms with Crippen LogP contribution in [0.2, 0.25) is 0 Å². The summed E-state index contributed by atoms with van der Waals surface area (Å²) in [6, 6.07) is 0. The lowest BCUT2D eigenvalue weighted by atomic mass is 10.4. The molecule has 0 saturated heterocycles. The lowest BCUT2D eigenvalue weighted by Crippen LogP contribution is -2.24. The van der Waals surface area contributed by atoms with Crippen molar-refractivity contribution in [2.75, 3.05) is 19.6 Å². The molecule has 0 fully saturated rings. The van der Waals surface area contributed by atoms with E-state index >= 15 is 0 Å². The van der Waals surface area contributed by atoms with E-state index in [0.717, 1.165) is 24.4 Å². The van der Waals surface area contributed by atoms with Crippen molar-refractivity contribution in [1.82, 2.24) is 4.90 Å². The first kappa shape index (κ1) is 11.8. The Morgan fingerprint density at radius 3 is 2.31 bits per heavy atom. The van der Waals surface area contributed by atoms with Gasteiger partial charge in [0.2, 0.25) is 12.8 Å². The van der Waals surface area contributed by atoms with E-state index in [1.165, 1.54) is 0 Å². The first-order valence-corrected chi connectivity index (χ1v) is 4.48. The highest BCUT2D eigenvalue weighted by molar-refractivity contribution is 5.68. The fourth-order valence-corrected chi connectivity index (χ4v) is 1.06. The molecule has 0 radical (unpaired) electrons. The van der Waals surface area contributed by atoms with E-state index in [2.05, 4.69) is 11.5 Å². The molecule has 0 unspecified atom stereocenters. The van der Waals surface area contributed by atoms with Crippen LogP contribution in [0, 0.1) is 0 Å². The molecule has 0 aliphatic carbocycles. The van der Waals surface area contributed by atoms with Crippen LogP contribution in [0.1, 0.15) is 20.3 Å². The number of hydrogen-bond donors (Lipinski definition) is 0. The predicted molar refractivity (Wildman–Crippen MR) is 50.9 cm³/mol. The molecule has 0 aromatic heterocycles. The van der Waals surface area contributed by atoms with Crippen molar-refractivity contribution < 1.29 is 14.2 Å². The van der Waals surface area contributed by atoms with Gasteiger partial charge in [-0.25, -0.2) is 4.58 Å². The van der Waals surface area contributed by atoms with Gasteiger partial charge in [0.25, 0.3) is 0 Å². The number of hydrogen-bond acceptors (Lipinski definition) is 2. The van der Waals surface area contributed by atoms with Gasteiger partial charge in [0, 0.05) is 19.9 Å². The van der Waals surface area contributed by atoms with Crippen LogP contribution in [-0.4, -0.2) is 48.1 Å². The predicted octanol–water partition coefficient (Wildman–Crippen LogP) is 0.114. The first-order chi connectivity index (χ1) is 6.28. The highest BCUT2D eigenvalue weighted by Crippen LogP contribution is 1.86. The SMILES string of the molecule is C/C=[N+](/CC)CCCN(C=O)C=O. The van der Waals surface area contributed by atoms with Crippen LogP contribution < -0.4 is 0 Å². The molecule has 74 valence electrons. The van der Waals surface area contributed by atoms with E-state index in [9.17, 15) is 9.59 Å². The highest BCUT2D eigenvalue weighted by Gasteiger charge is 2.02. The maximum Gasteiger partial charge on any atom is 0.216 e. The van der Waals surface area contributed by atoms with Crippen molar-refractivity contribution in [3.63, 3.8) is 0 Å². The van der Waals surface area contributed by atoms with Crippen LogP contribution in [0.3, 0.4) is 0 Å². The van der Waals surface area contributed by atoms with Gasteiger partial charge < -0.3 is 0 Å². The summed E-state index contributed by atoms with van der Waals surface area (Å²) < 4.78 is 2.13. The molecule has 0 bridgehead atoms. The third-order valence-electron chi connectivity index (χ3n) is 1.90. The third-order valence-corrected chi connectivity index (χ3v) is 1.90. The van der Waals surface area contributed by atoms with Crippen LogP contribution in [0.15, 0.2) is 0 Å². The summed E-state index contributed by atoms with van der Waals surface area (Å²) in [5.41, 5.74) is 0. The van der Waals surface area contributed by atoms with Crippen molar-refractivity contribution in [2.45, 2.75) is 20.3 Å². The van der Waals surface area contributed by atoms with Crippen LogP contribution in [-0.2, 0) is 9.59 Å². The Kier molecular flexibility index (Phi) is 6.78. The van der Waals surface area contributed by atoms with E-state index in [1.54, 1.807) is 0 Å². The number of carbonyl (C=O) groups excluding carboxylic acids is 2. The maximum atomic E-state index is 10.2. The zero-order valence-corrected chi connectivity index (χ0v) is 8.27. The molecule has 0 aromatic carbocycles. The third kappa shape index (κ3) is 5.11. The lowest BCUT2D eigenvalue weighted by molar-refractivity contribution is -0.520. The van der Waals surface area contributed by atoms with Gasteiger partial charge in [0.1, 0.15) is 19.3 Å². The van der Waals surface area contributed by atoms with Gasteiger partial charge in [-0.05, 0) is 6.92 Å². The standard InChI is InChI=1S/C9H17N2O2/c1-3-10(4-2)6-5-7-11(8-12)9-13/h3,8-9H,4-7H2,1-2H3/q+1/b10-3-. The second-order valence-corrected chi connectivity index (χ2v) is 2.69. The average molecular weight is 185 g/mol. The monoisotopic (exact) mass is 185 g/mol.